The summed E-state index contributed by atoms with van der Waals surface area (Å²) in [6.45, 7) is 5.45. The minimum atomic E-state index is -0.676. The number of nitrogens with one attached hydrogen (secondary N) is 1. The zero-order valence-electron chi connectivity index (χ0n) is 16.6. The number of aromatic nitrogens is 3. The van der Waals surface area contributed by atoms with E-state index in [2.05, 4.69) is 25.2 Å². The van der Waals surface area contributed by atoms with Crippen molar-refractivity contribution in [2.75, 3.05) is 49.6 Å². The van der Waals surface area contributed by atoms with Crippen LogP contribution >= 0.6 is 11.6 Å². The fraction of sp³-hybridized carbons (Fsp3) is 0.333. The molecule has 0 amide bonds. The first-order valence-corrected chi connectivity index (χ1v) is 10.4. The van der Waals surface area contributed by atoms with E-state index in [9.17, 15) is 8.78 Å². The zero-order valence-corrected chi connectivity index (χ0v) is 17.4. The van der Waals surface area contributed by atoms with Crippen LogP contribution in [0.2, 0.25) is 5.02 Å². The Morgan fingerprint density at radius 3 is 2.35 bits per heavy atom. The maximum absolute atomic E-state index is 13.5. The first-order chi connectivity index (χ1) is 15.0. The van der Waals surface area contributed by atoms with Crippen molar-refractivity contribution in [2.45, 2.75) is 6.04 Å². The van der Waals surface area contributed by atoms with E-state index >= 15 is 0 Å². The van der Waals surface area contributed by atoms with Gasteiger partial charge >= 0.3 is 0 Å². The summed E-state index contributed by atoms with van der Waals surface area (Å²) in [5.74, 6) is -1.05. The highest BCUT2D eigenvalue weighted by Gasteiger charge is 2.29. The average molecular weight is 447 g/mol. The van der Waals surface area contributed by atoms with Gasteiger partial charge in [0.05, 0.1) is 24.9 Å². The molecule has 2 aliphatic rings. The van der Waals surface area contributed by atoms with E-state index in [0.29, 0.717) is 17.0 Å². The second-order valence-corrected chi connectivity index (χ2v) is 8.11. The second kappa shape index (κ2) is 8.41. The van der Waals surface area contributed by atoms with E-state index in [4.69, 9.17) is 16.3 Å². The van der Waals surface area contributed by atoms with Gasteiger partial charge in [-0.25, -0.2) is 13.5 Å². The summed E-state index contributed by atoms with van der Waals surface area (Å²) >= 11 is 6.36. The number of hydrogen-bond donors (Lipinski definition) is 1. The standard InChI is InChI=1S/C21H21ClF2N6O/c22-14-5-17(10-18(6-14)28-1-3-29(4-2-28)20-11-31-12-20)26-21-25-13-30(27-21)19-8-15(23)7-16(24)9-19/h5-10,13,20H,1-4,11-12H2,(H,26,27). The predicted molar refractivity (Wildman–Crippen MR) is 114 cm³/mol. The highest BCUT2D eigenvalue weighted by molar-refractivity contribution is 6.31. The zero-order chi connectivity index (χ0) is 21.4. The molecule has 0 spiro atoms. The molecule has 31 heavy (non-hydrogen) atoms. The summed E-state index contributed by atoms with van der Waals surface area (Å²) in [4.78, 5) is 8.95. The number of hydrogen-bond acceptors (Lipinski definition) is 6. The van der Waals surface area contributed by atoms with Crippen molar-refractivity contribution in [3.05, 3.63) is 59.4 Å². The van der Waals surface area contributed by atoms with E-state index in [1.165, 1.54) is 23.1 Å². The average Bonchev–Trinajstić information content (AvgIpc) is 3.14. The quantitative estimate of drug-likeness (QED) is 0.647. The molecule has 0 bridgehead atoms. The monoisotopic (exact) mass is 446 g/mol. The fourth-order valence-electron chi connectivity index (χ4n) is 3.85. The van der Waals surface area contributed by atoms with Crippen LogP contribution in [0, 0.1) is 11.6 Å². The molecule has 5 rings (SSSR count). The molecular weight excluding hydrogens is 426 g/mol. The van der Waals surface area contributed by atoms with Gasteiger partial charge in [-0.1, -0.05) is 11.6 Å². The number of halogens is 3. The number of piperazine rings is 1. The molecule has 0 atom stereocenters. The van der Waals surface area contributed by atoms with E-state index in [-0.39, 0.29) is 5.69 Å². The minimum absolute atomic E-state index is 0.250. The van der Waals surface area contributed by atoms with Gasteiger partial charge in [-0.3, -0.25) is 4.90 Å². The topological polar surface area (TPSA) is 58.5 Å². The Morgan fingerprint density at radius 1 is 0.935 bits per heavy atom. The van der Waals surface area contributed by atoms with Crippen molar-refractivity contribution in [2.24, 2.45) is 0 Å². The van der Waals surface area contributed by atoms with Crippen LogP contribution < -0.4 is 10.2 Å². The molecule has 2 aromatic carbocycles. The molecule has 2 fully saturated rings. The van der Waals surface area contributed by atoms with Crippen molar-refractivity contribution >= 4 is 28.9 Å². The third-order valence-corrected chi connectivity index (χ3v) is 5.78. The molecular formula is C21H21ClF2N6O. The van der Waals surface area contributed by atoms with Gasteiger partial charge in [0, 0.05) is 48.6 Å². The van der Waals surface area contributed by atoms with Crippen LogP contribution in [0.3, 0.4) is 0 Å². The van der Waals surface area contributed by atoms with Crippen LogP contribution in [0.1, 0.15) is 0 Å². The SMILES string of the molecule is Fc1cc(F)cc(-n2cnc(Nc3cc(Cl)cc(N4CCN(C5COC5)CC4)c3)n2)c1. The minimum Gasteiger partial charge on any atom is -0.378 e. The lowest BCUT2D eigenvalue weighted by Gasteiger charge is -2.43. The smallest absolute Gasteiger partial charge is 0.246 e. The van der Waals surface area contributed by atoms with E-state index < -0.39 is 11.6 Å². The molecule has 3 heterocycles. The van der Waals surface area contributed by atoms with Gasteiger partial charge < -0.3 is 15.0 Å². The predicted octanol–water partition coefficient (Wildman–Crippen LogP) is 3.46. The van der Waals surface area contributed by atoms with Gasteiger partial charge in [0.1, 0.15) is 18.0 Å². The Labute approximate surface area is 183 Å². The van der Waals surface area contributed by atoms with E-state index in [0.717, 1.165) is 56.8 Å². The normalized spacial score (nSPS) is 17.6. The van der Waals surface area contributed by atoms with Gasteiger partial charge in [-0.05, 0) is 30.3 Å². The molecule has 0 aliphatic carbocycles. The lowest BCUT2D eigenvalue weighted by atomic mass is 10.1. The summed E-state index contributed by atoms with van der Waals surface area (Å²) in [6.07, 6.45) is 1.39. The Kier molecular flexibility index (Phi) is 5.47. The molecule has 0 radical (unpaired) electrons. The first-order valence-electron chi connectivity index (χ1n) is 10.1. The largest absolute Gasteiger partial charge is 0.378 e. The molecule has 2 aliphatic heterocycles. The third-order valence-electron chi connectivity index (χ3n) is 5.56. The Hall–Kier alpha value is -2.75. The highest BCUT2D eigenvalue weighted by atomic mass is 35.5. The molecule has 1 N–H and O–H groups in total. The third kappa shape index (κ3) is 4.48. The van der Waals surface area contributed by atoms with Crippen molar-refractivity contribution in [1.29, 1.82) is 0 Å². The van der Waals surface area contributed by atoms with Crippen molar-refractivity contribution in [3.8, 4) is 5.69 Å². The van der Waals surface area contributed by atoms with Crippen LogP contribution in [0.5, 0.6) is 0 Å². The molecule has 0 saturated carbocycles. The molecule has 1 aromatic heterocycles. The molecule has 10 heteroatoms. The van der Waals surface area contributed by atoms with Crippen LogP contribution in [0.15, 0.2) is 42.7 Å². The Morgan fingerprint density at radius 2 is 1.68 bits per heavy atom. The maximum Gasteiger partial charge on any atom is 0.246 e. The van der Waals surface area contributed by atoms with Crippen LogP contribution in [-0.2, 0) is 4.74 Å². The Balaban J connectivity index is 1.29. The highest BCUT2D eigenvalue weighted by Crippen LogP contribution is 2.28. The van der Waals surface area contributed by atoms with Gasteiger partial charge in [-0.15, -0.1) is 5.10 Å². The Bertz CT molecular complexity index is 1060. The summed E-state index contributed by atoms with van der Waals surface area (Å²) in [5, 5.41) is 7.98. The first kappa shape index (κ1) is 20.2. The summed E-state index contributed by atoms with van der Waals surface area (Å²) in [7, 11) is 0. The van der Waals surface area contributed by atoms with E-state index in [1.807, 2.05) is 12.1 Å². The second-order valence-electron chi connectivity index (χ2n) is 7.68. The lowest BCUT2D eigenvalue weighted by molar-refractivity contribution is -0.0660. The number of ether oxygens (including phenoxy) is 1. The van der Waals surface area contributed by atoms with Gasteiger partial charge in [0.25, 0.3) is 0 Å². The van der Waals surface area contributed by atoms with Crippen molar-refractivity contribution < 1.29 is 13.5 Å². The van der Waals surface area contributed by atoms with Crippen molar-refractivity contribution in [1.82, 2.24) is 19.7 Å². The lowest BCUT2D eigenvalue weighted by Crippen LogP contribution is -2.56. The molecule has 3 aromatic rings. The number of nitrogens with zero attached hydrogens (tertiary/aromatic N) is 5. The van der Waals surface area contributed by atoms with E-state index in [1.54, 1.807) is 6.07 Å². The van der Waals surface area contributed by atoms with Crippen molar-refractivity contribution in [3.63, 3.8) is 0 Å². The number of rotatable bonds is 5. The molecule has 2 saturated heterocycles. The molecule has 0 unspecified atom stereocenters. The summed E-state index contributed by atoms with van der Waals surface area (Å²) in [6, 6.07) is 9.46. The van der Waals surface area contributed by atoms with Gasteiger partial charge in [-0.2, -0.15) is 4.98 Å². The summed E-state index contributed by atoms with van der Waals surface area (Å²) in [5.41, 5.74) is 2.01. The van der Waals surface area contributed by atoms with Crippen LogP contribution in [0.25, 0.3) is 5.69 Å². The van der Waals surface area contributed by atoms with Crippen LogP contribution in [-0.4, -0.2) is 65.1 Å². The molecule has 7 nitrogen and oxygen atoms in total. The molecule has 162 valence electrons. The number of anilines is 3. The van der Waals surface area contributed by atoms with Gasteiger partial charge in [0.15, 0.2) is 0 Å². The number of benzene rings is 2. The fourth-order valence-corrected chi connectivity index (χ4v) is 4.08. The van der Waals surface area contributed by atoms with Crippen LogP contribution in [0.4, 0.5) is 26.1 Å². The summed E-state index contributed by atoms with van der Waals surface area (Å²) < 4.78 is 33.6. The maximum atomic E-state index is 13.5. The van der Waals surface area contributed by atoms with Gasteiger partial charge in [0.2, 0.25) is 5.95 Å².